The number of hydrogen-bond acceptors (Lipinski definition) is 3. The van der Waals surface area contributed by atoms with E-state index in [1.54, 1.807) is 11.3 Å². The maximum Gasteiger partial charge on any atom is 0.234 e. The third-order valence-corrected chi connectivity index (χ3v) is 4.30. The highest BCUT2D eigenvalue weighted by molar-refractivity contribution is 7.99. The van der Waals surface area contributed by atoms with E-state index >= 15 is 0 Å². The van der Waals surface area contributed by atoms with E-state index in [1.807, 2.05) is 17.5 Å². The van der Waals surface area contributed by atoms with Gasteiger partial charge in [-0.2, -0.15) is 0 Å². The Morgan fingerprint density at radius 2 is 2.11 bits per heavy atom. The first-order chi connectivity index (χ1) is 9.15. The summed E-state index contributed by atoms with van der Waals surface area (Å²) < 4.78 is 25.6. The highest BCUT2D eigenvalue weighted by atomic mass is 32.2. The minimum absolute atomic E-state index is 0.229. The monoisotopic (exact) mass is 299 g/mol. The molecule has 6 heteroatoms. The molecule has 2 rings (SSSR count). The molecule has 1 amide bonds. The number of carbonyl (C=O) groups excluding carboxylic acids is 1. The van der Waals surface area contributed by atoms with Crippen molar-refractivity contribution in [2.24, 2.45) is 0 Å². The zero-order valence-corrected chi connectivity index (χ0v) is 11.5. The second-order valence-corrected chi connectivity index (χ2v) is 5.77. The van der Waals surface area contributed by atoms with Crippen molar-refractivity contribution < 1.29 is 13.6 Å². The highest BCUT2D eigenvalue weighted by Crippen LogP contribution is 2.18. The maximum absolute atomic E-state index is 12.9. The Bertz CT molecular complexity index is 558. The molecule has 0 saturated carbocycles. The van der Waals surface area contributed by atoms with E-state index in [-0.39, 0.29) is 17.3 Å². The lowest BCUT2D eigenvalue weighted by Gasteiger charge is -2.05. The Hall–Kier alpha value is -1.40. The van der Waals surface area contributed by atoms with Crippen LogP contribution < -0.4 is 5.32 Å². The summed E-state index contributed by atoms with van der Waals surface area (Å²) in [6.07, 6.45) is 0. The molecule has 0 aliphatic rings. The third-order valence-electron chi connectivity index (χ3n) is 2.26. The van der Waals surface area contributed by atoms with Gasteiger partial charge in [0.2, 0.25) is 5.91 Å². The Labute approximate surface area is 117 Å². The SMILES string of the molecule is O=C(CSCc1cccs1)Nc1ccc(F)c(F)c1. The molecule has 0 fully saturated rings. The van der Waals surface area contributed by atoms with Gasteiger partial charge in [0, 0.05) is 22.4 Å². The van der Waals surface area contributed by atoms with Gasteiger partial charge in [-0.25, -0.2) is 8.78 Å². The van der Waals surface area contributed by atoms with Gasteiger partial charge in [-0.1, -0.05) is 6.07 Å². The van der Waals surface area contributed by atoms with Crippen molar-refractivity contribution in [3.8, 4) is 0 Å². The number of anilines is 1. The van der Waals surface area contributed by atoms with Crippen LogP contribution in [-0.2, 0) is 10.5 Å². The van der Waals surface area contributed by atoms with Crippen molar-refractivity contribution in [2.45, 2.75) is 5.75 Å². The molecular formula is C13H11F2NOS2. The van der Waals surface area contributed by atoms with Crippen molar-refractivity contribution in [3.05, 3.63) is 52.2 Å². The van der Waals surface area contributed by atoms with E-state index < -0.39 is 11.6 Å². The van der Waals surface area contributed by atoms with Gasteiger partial charge in [0.25, 0.3) is 0 Å². The summed E-state index contributed by atoms with van der Waals surface area (Å²) in [5.74, 6) is -1.08. The van der Waals surface area contributed by atoms with E-state index in [9.17, 15) is 13.6 Å². The van der Waals surface area contributed by atoms with Crippen molar-refractivity contribution in [1.82, 2.24) is 0 Å². The second-order valence-electron chi connectivity index (χ2n) is 3.75. The summed E-state index contributed by atoms with van der Waals surface area (Å²) in [5, 5.41) is 4.51. The van der Waals surface area contributed by atoms with Crippen LogP contribution >= 0.6 is 23.1 Å². The molecular weight excluding hydrogens is 288 g/mol. The minimum atomic E-state index is -0.968. The van der Waals surface area contributed by atoms with Gasteiger partial charge >= 0.3 is 0 Å². The van der Waals surface area contributed by atoms with Gasteiger partial charge in [-0.05, 0) is 23.6 Å². The highest BCUT2D eigenvalue weighted by Gasteiger charge is 2.06. The summed E-state index contributed by atoms with van der Waals surface area (Å²) in [4.78, 5) is 12.8. The van der Waals surface area contributed by atoms with Gasteiger partial charge in [0.1, 0.15) is 0 Å². The smallest absolute Gasteiger partial charge is 0.234 e. The van der Waals surface area contributed by atoms with Crippen LogP contribution in [0.5, 0.6) is 0 Å². The van der Waals surface area contributed by atoms with E-state index in [4.69, 9.17) is 0 Å². The average molecular weight is 299 g/mol. The summed E-state index contributed by atoms with van der Waals surface area (Å²) in [7, 11) is 0. The van der Waals surface area contributed by atoms with Crippen LogP contribution in [0, 0.1) is 11.6 Å². The second kappa shape index (κ2) is 6.68. The van der Waals surface area contributed by atoms with E-state index in [0.717, 1.165) is 17.9 Å². The van der Waals surface area contributed by atoms with E-state index in [2.05, 4.69) is 5.32 Å². The first kappa shape index (κ1) is 14.0. The number of nitrogens with one attached hydrogen (secondary N) is 1. The third kappa shape index (κ3) is 4.33. The molecule has 1 heterocycles. The molecule has 0 spiro atoms. The Balaban J connectivity index is 1.79. The van der Waals surface area contributed by atoms with Crippen molar-refractivity contribution in [3.63, 3.8) is 0 Å². The van der Waals surface area contributed by atoms with Gasteiger partial charge in [0.05, 0.1) is 5.75 Å². The molecule has 2 aromatic rings. The van der Waals surface area contributed by atoms with Crippen LogP contribution in [0.2, 0.25) is 0 Å². The Morgan fingerprint density at radius 1 is 1.26 bits per heavy atom. The predicted octanol–water partition coefficient (Wildman–Crippen LogP) is 3.90. The average Bonchev–Trinajstić information content (AvgIpc) is 2.87. The van der Waals surface area contributed by atoms with Crippen molar-refractivity contribution in [2.75, 3.05) is 11.1 Å². The normalized spacial score (nSPS) is 10.4. The lowest BCUT2D eigenvalue weighted by Crippen LogP contribution is -2.14. The molecule has 0 radical (unpaired) electrons. The molecule has 0 saturated heterocycles. The van der Waals surface area contributed by atoms with Crippen LogP contribution in [0.1, 0.15) is 4.88 Å². The number of carbonyl (C=O) groups is 1. The molecule has 1 aromatic heterocycles. The standard InChI is InChI=1S/C13H11F2NOS2/c14-11-4-3-9(6-12(11)15)16-13(17)8-18-7-10-2-1-5-19-10/h1-6H,7-8H2,(H,16,17). The molecule has 0 aliphatic carbocycles. The van der Waals surface area contributed by atoms with Crippen LogP contribution in [0.3, 0.4) is 0 Å². The molecule has 1 aromatic carbocycles. The number of halogens is 2. The summed E-state index contributed by atoms with van der Waals surface area (Å²) in [6.45, 7) is 0. The van der Waals surface area contributed by atoms with E-state index in [1.165, 1.54) is 22.7 Å². The molecule has 2 nitrogen and oxygen atoms in total. The largest absolute Gasteiger partial charge is 0.325 e. The number of rotatable bonds is 5. The minimum Gasteiger partial charge on any atom is -0.325 e. The van der Waals surface area contributed by atoms with Crippen LogP contribution in [0.4, 0.5) is 14.5 Å². The molecule has 0 bridgehead atoms. The van der Waals surface area contributed by atoms with Gasteiger partial charge in [-0.15, -0.1) is 23.1 Å². The fourth-order valence-corrected chi connectivity index (χ4v) is 3.08. The number of hydrogen-bond donors (Lipinski definition) is 1. The fourth-order valence-electron chi connectivity index (χ4n) is 1.41. The molecule has 0 aliphatic heterocycles. The zero-order valence-electron chi connectivity index (χ0n) is 9.86. The van der Waals surface area contributed by atoms with Gasteiger partial charge in [-0.3, -0.25) is 4.79 Å². The lowest BCUT2D eigenvalue weighted by molar-refractivity contribution is -0.113. The zero-order chi connectivity index (χ0) is 13.7. The molecule has 100 valence electrons. The molecule has 0 unspecified atom stereocenters. The predicted molar refractivity (Wildman–Crippen MR) is 75.5 cm³/mol. The number of thioether (sulfide) groups is 1. The summed E-state index contributed by atoms with van der Waals surface area (Å²) in [5.41, 5.74) is 0.264. The maximum atomic E-state index is 12.9. The summed E-state index contributed by atoms with van der Waals surface area (Å²) in [6, 6.07) is 7.26. The van der Waals surface area contributed by atoms with Crippen molar-refractivity contribution >= 4 is 34.7 Å². The van der Waals surface area contributed by atoms with Gasteiger partial charge in [0.15, 0.2) is 11.6 Å². The van der Waals surface area contributed by atoms with Crippen LogP contribution in [-0.4, -0.2) is 11.7 Å². The van der Waals surface area contributed by atoms with Crippen molar-refractivity contribution in [1.29, 1.82) is 0 Å². The number of thiophene rings is 1. The Morgan fingerprint density at radius 3 is 2.79 bits per heavy atom. The van der Waals surface area contributed by atoms with Crippen LogP contribution in [0.25, 0.3) is 0 Å². The topological polar surface area (TPSA) is 29.1 Å². The first-order valence-corrected chi connectivity index (χ1v) is 7.53. The fraction of sp³-hybridized carbons (Fsp3) is 0.154. The first-order valence-electron chi connectivity index (χ1n) is 5.50. The quantitative estimate of drug-likeness (QED) is 0.907. The lowest BCUT2D eigenvalue weighted by atomic mass is 10.3. The Kier molecular flexibility index (Phi) is 4.93. The molecule has 1 N–H and O–H groups in total. The number of amides is 1. The number of benzene rings is 1. The summed E-state index contributed by atoms with van der Waals surface area (Å²) >= 11 is 3.11. The molecule has 19 heavy (non-hydrogen) atoms. The van der Waals surface area contributed by atoms with Crippen LogP contribution in [0.15, 0.2) is 35.7 Å². The molecule has 0 atom stereocenters. The van der Waals surface area contributed by atoms with Gasteiger partial charge < -0.3 is 5.32 Å². The van der Waals surface area contributed by atoms with E-state index in [0.29, 0.717) is 0 Å².